The summed E-state index contributed by atoms with van der Waals surface area (Å²) in [5, 5.41) is 3.86. The maximum absolute atomic E-state index is 12.0. The van der Waals surface area contributed by atoms with Gasteiger partial charge in [-0.1, -0.05) is 24.3 Å². The lowest BCUT2D eigenvalue weighted by molar-refractivity contribution is -0.0327. The molecule has 21 heavy (non-hydrogen) atoms. The Morgan fingerprint density at radius 2 is 2.05 bits per heavy atom. The summed E-state index contributed by atoms with van der Waals surface area (Å²) >= 11 is -0.183. The third-order valence-electron chi connectivity index (χ3n) is 2.66. The number of thioether (sulfide) groups is 1. The Morgan fingerprint density at radius 1 is 1.33 bits per heavy atom. The Bertz CT molecular complexity index is 661. The Labute approximate surface area is 122 Å². The average Bonchev–Trinajstić information content (AvgIpc) is 2.42. The standard InChI is InChI=1S/C13H12F3N3OS/c14-13(15,16)21-6-5-18-12(20)10-7-8-3-1-2-4-9(8)11(17)19-10/h1-4,7H,5-6H2,(H2,17,19)(H,18,20). The number of anilines is 1. The van der Waals surface area contributed by atoms with E-state index in [0.717, 1.165) is 10.8 Å². The predicted molar refractivity (Wildman–Crippen MR) is 77.0 cm³/mol. The Hall–Kier alpha value is -1.96. The summed E-state index contributed by atoms with van der Waals surface area (Å²) in [7, 11) is 0. The zero-order valence-corrected chi connectivity index (χ0v) is 11.6. The Balaban J connectivity index is 2.03. The molecule has 0 saturated heterocycles. The summed E-state index contributed by atoms with van der Waals surface area (Å²) in [5.41, 5.74) is 1.55. The van der Waals surface area contributed by atoms with Crippen molar-refractivity contribution >= 4 is 34.3 Å². The molecule has 1 aromatic carbocycles. The van der Waals surface area contributed by atoms with E-state index in [0.29, 0.717) is 0 Å². The fourth-order valence-electron chi connectivity index (χ4n) is 1.76. The third kappa shape index (κ3) is 4.25. The van der Waals surface area contributed by atoms with Gasteiger partial charge >= 0.3 is 5.51 Å². The maximum atomic E-state index is 12.0. The number of alkyl halides is 3. The number of carbonyl (C=O) groups excluding carboxylic acids is 1. The number of nitrogens with zero attached hydrogens (tertiary/aromatic N) is 1. The number of amides is 1. The van der Waals surface area contributed by atoms with Crippen LogP contribution >= 0.6 is 11.8 Å². The summed E-state index contributed by atoms with van der Waals surface area (Å²) in [6, 6.07) is 8.71. The molecule has 1 aromatic heterocycles. The minimum absolute atomic E-state index is 0.0863. The van der Waals surface area contributed by atoms with E-state index >= 15 is 0 Å². The van der Waals surface area contributed by atoms with Crippen molar-refractivity contribution in [1.82, 2.24) is 10.3 Å². The van der Waals surface area contributed by atoms with Crippen LogP contribution < -0.4 is 11.1 Å². The molecule has 0 bridgehead atoms. The van der Waals surface area contributed by atoms with Crippen LogP contribution in [0, 0.1) is 0 Å². The molecule has 0 aliphatic carbocycles. The molecule has 4 nitrogen and oxygen atoms in total. The summed E-state index contributed by atoms with van der Waals surface area (Å²) in [6.45, 7) is -0.0998. The minimum Gasteiger partial charge on any atom is -0.383 e. The Morgan fingerprint density at radius 3 is 2.76 bits per heavy atom. The number of hydrogen-bond acceptors (Lipinski definition) is 4. The highest BCUT2D eigenvalue weighted by Crippen LogP contribution is 2.29. The average molecular weight is 315 g/mol. The van der Waals surface area contributed by atoms with Crippen LogP contribution in [0.1, 0.15) is 10.5 Å². The van der Waals surface area contributed by atoms with Crippen LogP contribution in [0.3, 0.4) is 0 Å². The van der Waals surface area contributed by atoms with Crippen molar-refractivity contribution < 1.29 is 18.0 Å². The van der Waals surface area contributed by atoms with E-state index in [-0.39, 0.29) is 35.6 Å². The molecule has 2 rings (SSSR count). The first-order chi connectivity index (χ1) is 9.87. The fraction of sp³-hybridized carbons (Fsp3) is 0.231. The molecule has 3 N–H and O–H groups in total. The summed E-state index contributed by atoms with van der Waals surface area (Å²) < 4.78 is 35.9. The molecule has 0 unspecified atom stereocenters. The number of fused-ring (bicyclic) bond motifs is 1. The number of hydrogen-bond donors (Lipinski definition) is 2. The number of halogens is 3. The highest BCUT2D eigenvalue weighted by atomic mass is 32.2. The molecule has 1 heterocycles. The first-order valence-electron chi connectivity index (χ1n) is 6.01. The van der Waals surface area contributed by atoms with Crippen molar-refractivity contribution in [3.05, 3.63) is 36.0 Å². The zero-order valence-electron chi connectivity index (χ0n) is 10.8. The number of benzene rings is 1. The molecule has 0 fully saturated rings. The van der Waals surface area contributed by atoms with Gasteiger partial charge in [0, 0.05) is 17.7 Å². The highest BCUT2D eigenvalue weighted by Gasteiger charge is 2.27. The molecule has 0 aliphatic heterocycles. The maximum Gasteiger partial charge on any atom is 0.441 e. The van der Waals surface area contributed by atoms with E-state index in [1.807, 2.05) is 0 Å². The molecule has 0 spiro atoms. The van der Waals surface area contributed by atoms with Crippen LogP contribution in [0.15, 0.2) is 30.3 Å². The van der Waals surface area contributed by atoms with Gasteiger partial charge in [0.2, 0.25) is 0 Å². The number of carbonyl (C=O) groups is 1. The van der Waals surface area contributed by atoms with Gasteiger partial charge in [-0.05, 0) is 23.2 Å². The number of nitrogen functional groups attached to an aromatic ring is 1. The topological polar surface area (TPSA) is 68.0 Å². The van der Waals surface area contributed by atoms with Crippen LogP contribution in [0.25, 0.3) is 10.8 Å². The minimum atomic E-state index is -4.30. The highest BCUT2D eigenvalue weighted by molar-refractivity contribution is 8.00. The number of aromatic nitrogens is 1. The van der Waals surface area contributed by atoms with Gasteiger partial charge in [0.15, 0.2) is 0 Å². The van der Waals surface area contributed by atoms with Gasteiger partial charge in [-0.15, -0.1) is 0 Å². The van der Waals surface area contributed by atoms with Gasteiger partial charge in [-0.3, -0.25) is 4.79 Å². The number of rotatable bonds is 4. The van der Waals surface area contributed by atoms with Crippen LogP contribution in [0.5, 0.6) is 0 Å². The molecular weight excluding hydrogens is 303 g/mol. The Kier molecular flexibility index (Phi) is 4.56. The van der Waals surface area contributed by atoms with E-state index in [1.165, 1.54) is 0 Å². The molecule has 0 aliphatic rings. The number of nitrogens with one attached hydrogen (secondary N) is 1. The lowest BCUT2D eigenvalue weighted by Crippen LogP contribution is -2.27. The molecule has 1 amide bonds. The molecule has 2 aromatic rings. The molecule has 0 atom stereocenters. The van der Waals surface area contributed by atoms with Gasteiger partial charge in [-0.25, -0.2) is 4.98 Å². The van der Waals surface area contributed by atoms with Crippen molar-refractivity contribution in [3.8, 4) is 0 Å². The summed E-state index contributed by atoms with van der Waals surface area (Å²) in [4.78, 5) is 15.8. The first kappa shape index (κ1) is 15.4. The van der Waals surface area contributed by atoms with Gasteiger partial charge in [0.1, 0.15) is 11.5 Å². The largest absolute Gasteiger partial charge is 0.441 e. The second kappa shape index (κ2) is 6.21. The molecule has 8 heteroatoms. The van der Waals surface area contributed by atoms with E-state index in [1.54, 1.807) is 30.3 Å². The molecule has 0 saturated carbocycles. The van der Waals surface area contributed by atoms with Gasteiger partial charge in [-0.2, -0.15) is 13.2 Å². The first-order valence-corrected chi connectivity index (χ1v) is 6.99. The fourth-order valence-corrected chi connectivity index (χ4v) is 2.20. The monoisotopic (exact) mass is 315 g/mol. The quantitative estimate of drug-likeness (QED) is 0.851. The summed E-state index contributed by atoms with van der Waals surface area (Å²) in [6.07, 6.45) is 0. The molecule has 112 valence electrons. The lowest BCUT2D eigenvalue weighted by atomic mass is 10.1. The van der Waals surface area contributed by atoms with E-state index in [9.17, 15) is 18.0 Å². The van der Waals surface area contributed by atoms with Crippen LogP contribution in [-0.4, -0.2) is 28.7 Å². The van der Waals surface area contributed by atoms with Crippen molar-refractivity contribution in [1.29, 1.82) is 0 Å². The van der Waals surface area contributed by atoms with E-state index in [2.05, 4.69) is 10.3 Å². The predicted octanol–water partition coefficient (Wildman–Crippen LogP) is 2.80. The van der Waals surface area contributed by atoms with Crippen molar-refractivity contribution in [3.63, 3.8) is 0 Å². The van der Waals surface area contributed by atoms with Crippen LogP contribution in [0.4, 0.5) is 19.0 Å². The van der Waals surface area contributed by atoms with E-state index < -0.39 is 11.4 Å². The summed E-state index contributed by atoms with van der Waals surface area (Å²) in [5.74, 6) is -0.587. The zero-order chi connectivity index (χ0) is 15.5. The lowest BCUT2D eigenvalue weighted by Gasteiger charge is -2.08. The van der Waals surface area contributed by atoms with Crippen molar-refractivity contribution in [2.75, 3.05) is 18.0 Å². The molecule has 0 radical (unpaired) electrons. The van der Waals surface area contributed by atoms with E-state index in [4.69, 9.17) is 5.73 Å². The van der Waals surface area contributed by atoms with Gasteiger partial charge in [0.05, 0.1) is 0 Å². The van der Waals surface area contributed by atoms with Crippen molar-refractivity contribution in [2.24, 2.45) is 0 Å². The normalized spacial score (nSPS) is 11.6. The number of nitrogens with two attached hydrogens (primary N) is 1. The van der Waals surface area contributed by atoms with Crippen molar-refractivity contribution in [2.45, 2.75) is 5.51 Å². The van der Waals surface area contributed by atoms with Crippen LogP contribution in [0.2, 0.25) is 0 Å². The van der Waals surface area contributed by atoms with Crippen LogP contribution in [-0.2, 0) is 0 Å². The number of pyridine rings is 1. The molecular formula is C13H12F3N3OS. The smallest absolute Gasteiger partial charge is 0.383 e. The second-order valence-corrected chi connectivity index (χ2v) is 5.32. The SMILES string of the molecule is Nc1nc(C(=O)NCCSC(F)(F)F)cc2ccccc12. The van der Waals surface area contributed by atoms with Gasteiger partial charge < -0.3 is 11.1 Å². The second-order valence-electron chi connectivity index (χ2n) is 4.16. The third-order valence-corrected chi connectivity index (χ3v) is 3.39. The van der Waals surface area contributed by atoms with Gasteiger partial charge in [0.25, 0.3) is 5.91 Å².